The number of imidazole rings is 1. The fourth-order valence-corrected chi connectivity index (χ4v) is 3.47. The molecule has 2 atom stereocenters. The Balaban J connectivity index is 1.65. The molecule has 0 aliphatic heterocycles. The molecule has 1 aromatic carbocycles. The van der Waals surface area contributed by atoms with Crippen LogP contribution in [0.5, 0.6) is 0 Å². The summed E-state index contributed by atoms with van der Waals surface area (Å²) >= 11 is 1.22. The summed E-state index contributed by atoms with van der Waals surface area (Å²) < 4.78 is 0. The second-order valence-electron chi connectivity index (χ2n) is 6.43. The molecular weight excluding hydrogens is 408 g/mol. The van der Waals surface area contributed by atoms with E-state index < -0.39 is 24.0 Å². The van der Waals surface area contributed by atoms with Crippen LogP contribution in [0.1, 0.15) is 24.9 Å². The largest absolute Gasteiger partial charge is 0.480 e. The van der Waals surface area contributed by atoms with Crippen LogP contribution in [0.3, 0.4) is 0 Å². The van der Waals surface area contributed by atoms with E-state index in [1.807, 2.05) is 6.07 Å². The normalized spacial score (nSPS) is 12.8. The number of carboxylic acids is 1. The summed E-state index contributed by atoms with van der Waals surface area (Å²) in [6, 6.07) is 7.41. The van der Waals surface area contributed by atoms with Crippen molar-refractivity contribution in [2.75, 3.05) is 5.75 Å². The van der Waals surface area contributed by atoms with Gasteiger partial charge in [-0.1, -0.05) is 42.1 Å². The Morgan fingerprint density at radius 3 is 2.60 bits per heavy atom. The van der Waals surface area contributed by atoms with E-state index in [2.05, 4.69) is 30.6 Å². The average molecular weight is 428 g/mol. The number of nitrogens with one attached hydrogen (secondary N) is 3. The number of aromatic amines is 1. The molecule has 30 heavy (non-hydrogen) atoms. The molecule has 2 amide bonds. The number of hydrogen-bond donors (Lipinski definition) is 4. The first-order chi connectivity index (χ1) is 14.4. The summed E-state index contributed by atoms with van der Waals surface area (Å²) in [5.41, 5.74) is 1.91. The number of H-pyrrole nitrogens is 1. The van der Waals surface area contributed by atoms with Crippen molar-refractivity contribution in [3.63, 3.8) is 0 Å². The van der Waals surface area contributed by atoms with Crippen molar-refractivity contribution in [2.45, 2.75) is 30.5 Å². The first-order valence-corrected chi connectivity index (χ1v) is 10.1. The molecule has 0 saturated heterocycles. The van der Waals surface area contributed by atoms with Crippen molar-refractivity contribution >= 4 is 40.7 Å². The van der Waals surface area contributed by atoms with E-state index in [1.165, 1.54) is 31.3 Å². The van der Waals surface area contributed by atoms with Gasteiger partial charge in [0.25, 0.3) is 0 Å². The van der Waals surface area contributed by atoms with Crippen LogP contribution in [-0.4, -0.2) is 54.6 Å². The molecule has 0 radical (unpaired) electrons. The molecule has 0 saturated carbocycles. The molecule has 1 unspecified atom stereocenters. The Hall–Kier alpha value is -3.47. The van der Waals surface area contributed by atoms with Crippen LogP contribution >= 0.6 is 11.8 Å². The monoisotopic (exact) mass is 428 g/mol. The van der Waals surface area contributed by atoms with E-state index in [4.69, 9.17) is 5.11 Å². The van der Waals surface area contributed by atoms with Gasteiger partial charge in [0, 0.05) is 0 Å². The maximum atomic E-state index is 12.6. The third-order valence-corrected chi connectivity index (χ3v) is 5.19. The minimum atomic E-state index is -1.13. The average Bonchev–Trinajstić information content (AvgIpc) is 3.21. The van der Waals surface area contributed by atoms with Gasteiger partial charge >= 0.3 is 5.97 Å². The standard InChI is InChI=1S/C19H20N6O4S/c1-11(19(28)29)24-14(26)7-13(12-5-3-2-4-6-12)25-15(27)8-30-18-16-17(21-9-20-16)22-10-23-18/h2-6,9-11,13H,7-8H2,1H3,(H,24,26)(H,25,27)(H,28,29)(H,20,21,22,23)/t11-,13?/m0/s1. The molecule has 4 N–H and O–H groups in total. The zero-order valence-electron chi connectivity index (χ0n) is 16.0. The summed E-state index contributed by atoms with van der Waals surface area (Å²) in [6.45, 7) is 1.38. The van der Waals surface area contributed by atoms with Crippen LogP contribution in [0.4, 0.5) is 0 Å². The number of nitrogens with zero attached hydrogens (tertiary/aromatic N) is 3. The van der Waals surface area contributed by atoms with E-state index in [0.717, 1.165) is 5.56 Å². The molecule has 2 aromatic heterocycles. The van der Waals surface area contributed by atoms with Gasteiger partial charge < -0.3 is 20.7 Å². The van der Waals surface area contributed by atoms with Crippen LogP contribution in [0.25, 0.3) is 11.2 Å². The molecule has 11 heteroatoms. The molecule has 0 aliphatic carbocycles. The third kappa shape index (κ3) is 5.54. The number of aliphatic carboxylic acids is 1. The van der Waals surface area contributed by atoms with Crippen LogP contribution in [-0.2, 0) is 14.4 Å². The number of carbonyl (C=O) groups is 3. The van der Waals surface area contributed by atoms with E-state index in [-0.39, 0.29) is 18.1 Å². The lowest BCUT2D eigenvalue weighted by Gasteiger charge is -2.20. The summed E-state index contributed by atoms with van der Waals surface area (Å²) in [4.78, 5) is 51.0. The van der Waals surface area contributed by atoms with Crippen LogP contribution < -0.4 is 10.6 Å². The van der Waals surface area contributed by atoms with E-state index in [9.17, 15) is 14.4 Å². The molecule has 3 rings (SSSR count). The van der Waals surface area contributed by atoms with Crippen molar-refractivity contribution in [2.24, 2.45) is 0 Å². The number of hydrogen-bond acceptors (Lipinski definition) is 7. The van der Waals surface area contributed by atoms with Gasteiger partial charge in [-0.15, -0.1) is 0 Å². The van der Waals surface area contributed by atoms with Gasteiger partial charge in [0.05, 0.1) is 24.5 Å². The first-order valence-electron chi connectivity index (χ1n) is 9.07. The van der Waals surface area contributed by atoms with Crippen molar-refractivity contribution in [3.05, 3.63) is 48.5 Å². The molecule has 10 nitrogen and oxygen atoms in total. The Kier molecular flexibility index (Phi) is 6.96. The fraction of sp³-hybridized carbons (Fsp3) is 0.263. The number of amides is 2. The van der Waals surface area contributed by atoms with Crippen molar-refractivity contribution in [3.8, 4) is 0 Å². The fourth-order valence-electron chi connectivity index (χ4n) is 2.71. The Labute approximate surface area is 175 Å². The van der Waals surface area contributed by atoms with E-state index >= 15 is 0 Å². The van der Waals surface area contributed by atoms with E-state index in [1.54, 1.807) is 24.3 Å². The van der Waals surface area contributed by atoms with Crippen molar-refractivity contribution in [1.29, 1.82) is 0 Å². The number of rotatable bonds is 9. The van der Waals surface area contributed by atoms with Crippen LogP contribution in [0.2, 0.25) is 0 Å². The second kappa shape index (κ2) is 9.83. The molecule has 0 spiro atoms. The molecule has 156 valence electrons. The lowest BCUT2D eigenvalue weighted by molar-refractivity contribution is -0.141. The van der Waals surface area contributed by atoms with Crippen LogP contribution in [0, 0.1) is 0 Å². The molecular formula is C19H20N6O4S. The van der Waals surface area contributed by atoms with Gasteiger partial charge in [-0.25, -0.2) is 15.0 Å². The highest BCUT2D eigenvalue weighted by Crippen LogP contribution is 2.22. The second-order valence-corrected chi connectivity index (χ2v) is 7.40. The summed E-state index contributed by atoms with van der Waals surface area (Å²) in [5.74, 6) is -1.82. The zero-order valence-corrected chi connectivity index (χ0v) is 16.8. The summed E-state index contributed by atoms with van der Waals surface area (Å²) in [5, 5.41) is 14.8. The SMILES string of the molecule is C[C@H](NC(=O)CC(NC(=O)CSc1ncnc2nc[nH]c12)c1ccccc1)C(=O)O. The number of fused-ring (bicyclic) bond motifs is 1. The number of carboxylic acid groups (broad SMARTS) is 1. The zero-order chi connectivity index (χ0) is 21.5. The minimum Gasteiger partial charge on any atom is -0.480 e. The molecule has 0 aliphatic rings. The predicted molar refractivity (Wildman–Crippen MR) is 110 cm³/mol. The summed E-state index contributed by atoms with van der Waals surface area (Å²) in [7, 11) is 0. The highest BCUT2D eigenvalue weighted by Gasteiger charge is 2.21. The predicted octanol–water partition coefficient (Wildman–Crippen LogP) is 1.28. The van der Waals surface area contributed by atoms with Gasteiger partial charge in [-0.05, 0) is 12.5 Å². The smallest absolute Gasteiger partial charge is 0.325 e. The van der Waals surface area contributed by atoms with Crippen molar-refractivity contribution < 1.29 is 19.5 Å². The number of aromatic nitrogens is 4. The minimum absolute atomic E-state index is 0.0710. The number of thioether (sulfide) groups is 1. The maximum Gasteiger partial charge on any atom is 0.325 e. The Bertz CT molecular complexity index is 1040. The van der Waals surface area contributed by atoms with Crippen LogP contribution in [0.15, 0.2) is 48.0 Å². The molecule has 0 bridgehead atoms. The molecule has 3 aromatic rings. The Morgan fingerprint density at radius 2 is 1.87 bits per heavy atom. The highest BCUT2D eigenvalue weighted by atomic mass is 32.2. The highest BCUT2D eigenvalue weighted by molar-refractivity contribution is 8.00. The Morgan fingerprint density at radius 1 is 1.10 bits per heavy atom. The summed E-state index contributed by atoms with van der Waals surface area (Å²) in [6.07, 6.45) is 2.80. The molecule has 2 heterocycles. The van der Waals surface area contributed by atoms with Gasteiger partial charge in [-0.2, -0.15) is 0 Å². The van der Waals surface area contributed by atoms with Gasteiger partial charge in [0.15, 0.2) is 5.65 Å². The van der Waals surface area contributed by atoms with Gasteiger partial charge in [0.1, 0.15) is 22.9 Å². The number of benzene rings is 1. The van der Waals surface area contributed by atoms with Crippen molar-refractivity contribution in [1.82, 2.24) is 30.6 Å². The van der Waals surface area contributed by atoms with Gasteiger partial charge in [0.2, 0.25) is 11.8 Å². The first kappa shape index (κ1) is 21.2. The quantitative estimate of drug-likeness (QED) is 0.294. The third-order valence-electron chi connectivity index (χ3n) is 4.20. The lowest BCUT2D eigenvalue weighted by atomic mass is 10.0. The maximum absolute atomic E-state index is 12.6. The lowest BCUT2D eigenvalue weighted by Crippen LogP contribution is -2.41. The topological polar surface area (TPSA) is 150 Å². The van der Waals surface area contributed by atoms with Gasteiger partial charge in [-0.3, -0.25) is 14.4 Å². The molecule has 0 fully saturated rings. The number of carbonyl (C=O) groups excluding carboxylic acids is 2. The van der Waals surface area contributed by atoms with E-state index in [0.29, 0.717) is 16.2 Å².